The second kappa shape index (κ2) is 11.7. The zero-order valence-electron chi connectivity index (χ0n) is 19.3. The van der Waals surface area contributed by atoms with E-state index < -0.39 is 0 Å². The van der Waals surface area contributed by atoms with Gasteiger partial charge in [-0.3, -0.25) is 0 Å². The Hall–Kier alpha value is -2.11. The zero-order chi connectivity index (χ0) is 21.5. The summed E-state index contributed by atoms with van der Waals surface area (Å²) in [5, 5.41) is 0. The van der Waals surface area contributed by atoms with Crippen molar-refractivity contribution in [2.45, 2.75) is 39.3 Å². The molecule has 0 unspecified atom stereocenters. The molecule has 1 heterocycles. The molecule has 0 N–H and O–H groups in total. The summed E-state index contributed by atoms with van der Waals surface area (Å²) < 4.78 is 7.17. The van der Waals surface area contributed by atoms with E-state index in [4.69, 9.17) is 4.74 Å². The monoisotopic (exact) mass is 539 g/mol. The maximum absolute atomic E-state index is 5.99. The van der Waals surface area contributed by atoms with Crippen LogP contribution in [0.3, 0.4) is 0 Å². The van der Waals surface area contributed by atoms with Crippen LogP contribution in [0, 0.1) is 6.92 Å². The Morgan fingerprint density at radius 2 is 1.44 bits per heavy atom. The third-order valence-electron chi connectivity index (χ3n) is 6.29. The zero-order valence-corrected chi connectivity index (χ0v) is 21.4. The molecule has 1 aliphatic heterocycles. The highest BCUT2D eigenvalue weighted by molar-refractivity contribution is 5.70. The number of aryl methyl sites for hydroxylation is 1. The first-order valence-corrected chi connectivity index (χ1v) is 11.5. The number of halogens is 1. The van der Waals surface area contributed by atoms with Crippen LogP contribution in [0.2, 0.25) is 0 Å². The fraction of sp³-hybridized carbons (Fsp3) is 0.310. The Balaban J connectivity index is 0.00000289. The molecule has 3 aromatic carbocycles. The van der Waals surface area contributed by atoms with Crippen LogP contribution in [-0.2, 0) is 13.2 Å². The number of piperidine rings is 1. The first kappa shape index (κ1) is 24.5. The molecule has 32 heavy (non-hydrogen) atoms. The van der Waals surface area contributed by atoms with Gasteiger partial charge in [-0.1, -0.05) is 78.4 Å². The molecule has 0 saturated carbocycles. The van der Waals surface area contributed by atoms with Crippen molar-refractivity contribution >= 4 is 12.2 Å². The Labute approximate surface area is 210 Å². The van der Waals surface area contributed by atoms with Crippen LogP contribution >= 0.6 is 0 Å². The van der Waals surface area contributed by atoms with Gasteiger partial charge in [0.15, 0.2) is 0 Å². The van der Waals surface area contributed by atoms with E-state index in [-0.39, 0.29) is 24.0 Å². The summed E-state index contributed by atoms with van der Waals surface area (Å²) in [5.41, 5.74) is 6.28. The van der Waals surface area contributed by atoms with E-state index in [1.807, 2.05) is 6.07 Å². The SMILES string of the molecule is Cc1ccc(COc2cccc(/C=C/c3ccc(C[N+]4(C)CCCCC4)cc3)c2)cc1.[I-]. The van der Waals surface area contributed by atoms with Crippen molar-refractivity contribution in [2.24, 2.45) is 0 Å². The van der Waals surface area contributed by atoms with E-state index >= 15 is 0 Å². The number of likely N-dealkylation sites (tertiary alicyclic amines) is 1. The van der Waals surface area contributed by atoms with Crippen LogP contribution < -0.4 is 28.7 Å². The highest BCUT2D eigenvalue weighted by Crippen LogP contribution is 2.21. The predicted molar refractivity (Wildman–Crippen MR) is 131 cm³/mol. The van der Waals surface area contributed by atoms with Crippen molar-refractivity contribution in [3.05, 3.63) is 101 Å². The molecule has 3 heteroatoms. The van der Waals surface area contributed by atoms with Gasteiger partial charge in [-0.05, 0) is 55.0 Å². The van der Waals surface area contributed by atoms with Gasteiger partial charge in [0.2, 0.25) is 0 Å². The maximum Gasteiger partial charge on any atom is 0.120 e. The van der Waals surface area contributed by atoms with Crippen LogP contribution in [0.4, 0.5) is 0 Å². The molecule has 0 bridgehead atoms. The molecular formula is C29H34INO. The lowest BCUT2D eigenvalue weighted by Crippen LogP contribution is -3.00. The molecule has 1 aliphatic rings. The molecule has 0 spiro atoms. The molecule has 2 nitrogen and oxygen atoms in total. The van der Waals surface area contributed by atoms with Gasteiger partial charge in [-0.25, -0.2) is 0 Å². The molecule has 168 valence electrons. The average Bonchev–Trinajstić information content (AvgIpc) is 2.79. The number of rotatable bonds is 7. The molecule has 0 atom stereocenters. The first-order chi connectivity index (χ1) is 15.1. The second-order valence-corrected chi connectivity index (χ2v) is 9.21. The molecule has 0 radical (unpaired) electrons. The molecule has 0 aromatic heterocycles. The second-order valence-electron chi connectivity index (χ2n) is 9.21. The van der Waals surface area contributed by atoms with Crippen molar-refractivity contribution in [1.29, 1.82) is 0 Å². The summed E-state index contributed by atoms with van der Waals surface area (Å²) in [5.74, 6) is 0.900. The quantitative estimate of drug-likeness (QED) is 0.252. The highest BCUT2D eigenvalue weighted by atomic mass is 127. The van der Waals surface area contributed by atoms with E-state index in [2.05, 4.69) is 92.9 Å². The molecule has 1 saturated heterocycles. The molecule has 0 amide bonds. The number of quaternary nitrogens is 1. The molecule has 0 aliphatic carbocycles. The normalized spacial score (nSPS) is 15.3. The first-order valence-electron chi connectivity index (χ1n) is 11.5. The highest BCUT2D eigenvalue weighted by Gasteiger charge is 2.24. The number of nitrogens with zero attached hydrogens (tertiary/aromatic N) is 1. The summed E-state index contributed by atoms with van der Waals surface area (Å²) in [6.07, 6.45) is 8.47. The lowest BCUT2D eigenvalue weighted by molar-refractivity contribution is -0.926. The number of ether oxygens (including phenoxy) is 1. The van der Waals surface area contributed by atoms with Crippen LogP contribution in [0.5, 0.6) is 5.75 Å². The van der Waals surface area contributed by atoms with Gasteiger partial charge in [0.05, 0.1) is 20.1 Å². The van der Waals surface area contributed by atoms with Crippen LogP contribution in [0.15, 0.2) is 72.8 Å². The third kappa shape index (κ3) is 7.21. The van der Waals surface area contributed by atoms with Crippen molar-refractivity contribution in [3.63, 3.8) is 0 Å². The van der Waals surface area contributed by atoms with Crippen LogP contribution in [0.25, 0.3) is 12.2 Å². The Bertz CT molecular complexity index is 1000. The van der Waals surface area contributed by atoms with Gasteiger partial charge in [-0.15, -0.1) is 0 Å². The topological polar surface area (TPSA) is 9.23 Å². The fourth-order valence-corrected chi connectivity index (χ4v) is 4.36. The summed E-state index contributed by atoms with van der Waals surface area (Å²) >= 11 is 0. The minimum absolute atomic E-state index is 0. The molecule has 1 fully saturated rings. The Kier molecular flexibility index (Phi) is 8.94. The summed E-state index contributed by atoms with van der Waals surface area (Å²) in [6, 6.07) is 25.8. The summed E-state index contributed by atoms with van der Waals surface area (Å²) in [6.45, 7) is 6.45. The van der Waals surface area contributed by atoms with E-state index in [9.17, 15) is 0 Å². The van der Waals surface area contributed by atoms with E-state index in [0.717, 1.165) is 17.9 Å². The minimum atomic E-state index is 0. The average molecular weight is 540 g/mol. The standard InChI is InChI=1S/C29H34NO.HI/c1-24-9-11-28(12-10-24)23-31-29-8-6-7-26(21-29)16-13-25-14-17-27(18-15-25)22-30(2)19-4-3-5-20-30;/h6-18,21H,3-5,19-20,22-23H2,1-2H3;1H/q+1;/p-1/b16-13+;. The molecule has 3 aromatic rings. The van der Waals surface area contributed by atoms with Gasteiger partial charge in [0.25, 0.3) is 0 Å². The summed E-state index contributed by atoms with van der Waals surface area (Å²) in [7, 11) is 2.40. The van der Waals surface area contributed by atoms with Crippen molar-refractivity contribution in [1.82, 2.24) is 0 Å². The Morgan fingerprint density at radius 1 is 0.781 bits per heavy atom. The largest absolute Gasteiger partial charge is 1.00 e. The van der Waals surface area contributed by atoms with Crippen molar-refractivity contribution < 1.29 is 33.2 Å². The number of hydrogen-bond donors (Lipinski definition) is 0. The van der Waals surface area contributed by atoms with Crippen molar-refractivity contribution in [2.75, 3.05) is 20.1 Å². The van der Waals surface area contributed by atoms with Crippen LogP contribution in [0.1, 0.15) is 47.1 Å². The molecule has 4 rings (SSSR count). The van der Waals surface area contributed by atoms with E-state index in [0.29, 0.717) is 6.61 Å². The van der Waals surface area contributed by atoms with Gasteiger partial charge in [-0.2, -0.15) is 0 Å². The van der Waals surface area contributed by atoms with Gasteiger partial charge < -0.3 is 33.2 Å². The van der Waals surface area contributed by atoms with Gasteiger partial charge in [0.1, 0.15) is 18.9 Å². The van der Waals surface area contributed by atoms with Gasteiger partial charge >= 0.3 is 0 Å². The van der Waals surface area contributed by atoms with E-state index in [1.165, 1.54) is 59.1 Å². The maximum atomic E-state index is 5.99. The van der Waals surface area contributed by atoms with Crippen molar-refractivity contribution in [3.8, 4) is 5.75 Å². The number of hydrogen-bond acceptors (Lipinski definition) is 1. The lowest BCUT2D eigenvalue weighted by atomic mass is 10.1. The Morgan fingerprint density at radius 3 is 2.16 bits per heavy atom. The van der Waals surface area contributed by atoms with Gasteiger partial charge in [0, 0.05) is 5.56 Å². The molecular weight excluding hydrogens is 505 g/mol. The fourth-order valence-electron chi connectivity index (χ4n) is 4.36. The lowest BCUT2D eigenvalue weighted by Gasteiger charge is -2.37. The predicted octanol–water partition coefficient (Wildman–Crippen LogP) is 3.88. The third-order valence-corrected chi connectivity index (χ3v) is 6.29. The number of benzene rings is 3. The smallest absolute Gasteiger partial charge is 0.120 e. The van der Waals surface area contributed by atoms with Crippen LogP contribution in [-0.4, -0.2) is 24.6 Å². The van der Waals surface area contributed by atoms with E-state index in [1.54, 1.807) is 0 Å². The minimum Gasteiger partial charge on any atom is -1.00 e. The summed E-state index contributed by atoms with van der Waals surface area (Å²) in [4.78, 5) is 0.